The maximum atomic E-state index is 11.3. The fourth-order valence-electron chi connectivity index (χ4n) is 1.65. The number of benzene rings is 1. The van der Waals surface area contributed by atoms with E-state index in [9.17, 15) is 4.79 Å². The van der Waals surface area contributed by atoms with Crippen LogP contribution in [0.4, 0.5) is 0 Å². The van der Waals surface area contributed by atoms with Crippen LogP contribution in [0.5, 0.6) is 5.75 Å². The van der Waals surface area contributed by atoms with Gasteiger partial charge in [-0.25, -0.2) is 0 Å². The summed E-state index contributed by atoms with van der Waals surface area (Å²) in [4.78, 5) is 13.1. The molecule has 0 fully saturated rings. The van der Waals surface area contributed by atoms with Gasteiger partial charge in [0.15, 0.2) is 0 Å². The van der Waals surface area contributed by atoms with Crippen molar-refractivity contribution in [2.75, 3.05) is 20.7 Å². The molecule has 0 heterocycles. The van der Waals surface area contributed by atoms with Crippen LogP contribution in [-0.4, -0.2) is 37.6 Å². The van der Waals surface area contributed by atoms with E-state index in [0.29, 0.717) is 13.0 Å². The lowest BCUT2D eigenvalue weighted by atomic mass is 10.0. The van der Waals surface area contributed by atoms with E-state index < -0.39 is 0 Å². The first-order valence-electron chi connectivity index (χ1n) is 5.72. The molecule has 1 unspecified atom stereocenters. The zero-order valence-electron chi connectivity index (χ0n) is 10.6. The van der Waals surface area contributed by atoms with Crippen molar-refractivity contribution in [1.82, 2.24) is 4.90 Å². The third-order valence-electron chi connectivity index (χ3n) is 2.62. The van der Waals surface area contributed by atoms with Gasteiger partial charge >= 0.3 is 0 Å². The predicted molar refractivity (Wildman–Crippen MR) is 68.0 cm³/mol. The number of ether oxygens (including phenoxy) is 1. The van der Waals surface area contributed by atoms with Crippen LogP contribution in [0.1, 0.15) is 12.5 Å². The maximum absolute atomic E-state index is 11.3. The van der Waals surface area contributed by atoms with E-state index in [0.717, 1.165) is 11.3 Å². The van der Waals surface area contributed by atoms with Crippen LogP contribution in [0, 0.1) is 0 Å². The van der Waals surface area contributed by atoms with Crippen molar-refractivity contribution in [1.29, 1.82) is 0 Å². The summed E-state index contributed by atoms with van der Waals surface area (Å²) in [5, 5.41) is 0. The molecule has 0 saturated heterocycles. The Balaban J connectivity index is 2.70. The molecule has 0 radical (unpaired) electrons. The van der Waals surface area contributed by atoms with Gasteiger partial charge in [0.2, 0.25) is 5.91 Å². The zero-order valence-corrected chi connectivity index (χ0v) is 10.6. The minimum absolute atomic E-state index is 0.270. The van der Waals surface area contributed by atoms with Crippen molar-refractivity contribution in [2.24, 2.45) is 5.73 Å². The number of primary amides is 1. The van der Waals surface area contributed by atoms with Gasteiger partial charge in [0.25, 0.3) is 0 Å². The molecule has 1 rings (SSSR count). The van der Waals surface area contributed by atoms with Crippen molar-refractivity contribution < 1.29 is 9.53 Å². The monoisotopic (exact) mass is 236 g/mol. The summed E-state index contributed by atoms with van der Waals surface area (Å²) in [5.41, 5.74) is 6.43. The third-order valence-corrected chi connectivity index (χ3v) is 2.62. The highest BCUT2D eigenvalue weighted by Gasteiger charge is 2.17. The molecule has 0 spiro atoms. The quantitative estimate of drug-likeness (QED) is 0.803. The van der Waals surface area contributed by atoms with Crippen molar-refractivity contribution >= 4 is 5.91 Å². The van der Waals surface area contributed by atoms with Crippen LogP contribution in [0.15, 0.2) is 24.3 Å². The smallest absolute Gasteiger partial charge is 0.235 e. The van der Waals surface area contributed by atoms with E-state index >= 15 is 0 Å². The second-order valence-corrected chi connectivity index (χ2v) is 4.16. The van der Waals surface area contributed by atoms with E-state index in [4.69, 9.17) is 10.5 Å². The number of amides is 1. The summed E-state index contributed by atoms with van der Waals surface area (Å²) in [6.45, 7) is 2.60. The SMILES string of the molecule is CCOc1ccc(CC(C(N)=O)N(C)C)cc1. The Morgan fingerprint density at radius 2 is 1.94 bits per heavy atom. The molecular weight excluding hydrogens is 216 g/mol. The summed E-state index contributed by atoms with van der Waals surface area (Å²) >= 11 is 0. The second-order valence-electron chi connectivity index (χ2n) is 4.16. The first kappa shape index (κ1) is 13.5. The number of hydrogen-bond donors (Lipinski definition) is 1. The molecule has 1 aromatic carbocycles. The molecule has 17 heavy (non-hydrogen) atoms. The van der Waals surface area contributed by atoms with E-state index in [2.05, 4.69) is 0 Å². The minimum Gasteiger partial charge on any atom is -0.494 e. The number of hydrogen-bond acceptors (Lipinski definition) is 3. The number of nitrogens with two attached hydrogens (primary N) is 1. The number of nitrogens with zero attached hydrogens (tertiary/aromatic N) is 1. The van der Waals surface area contributed by atoms with Gasteiger partial charge in [0.1, 0.15) is 5.75 Å². The molecule has 0 aliphatic heterocycles. The maximum Gasteiger partial charge on any atom is 0.235 e. The lowest BCUT2D eigenvalue weighted by Gasteiger charge is -2.21. The normalized spacial score (nSPS) is 12.5. The Bertz CT molecular complexity index is 360. The van der Waals surface area contributed by atoms with Crippen LogP contribution in [-0.2, 0) is 11.2 Å². The van der Waals surface area contributed by atoms with E-state index in [1.807, 2.05) is 50.2 Å². The van der Waals surface area contributed by atoms with Crippen LogP contribution in [0.25, 0.3) is 0 Å². The van der Waals surface area contributed by atoms with Gasteiger partial charge in [-0.2, -0.15) is 0 Å². The lowest BCUT2D eigenvalue weighted by molar-refractivity contribution is -0.122. The molecule has 0 aromatic heterocycles. The lowest BCUT2D eigenvalue weighted by Crippen LogP contribution is -2.41. The van der Waals surface area contributed by atoms with Crippen LogP contribution < -0.4 is 10.5 Å². The van der Waals surface area contributed by atoms with Gasteiger partial charge in [-0.15, -0.1) is 0 Å². The fraction of sp³-hybridized carbons (Fsp3) is 0.462. The molecule has 94 valence electrons. The molecule has 0 aliphatic rings. The van der Waals surface area contributed by atoms with Crippen molar-refractivity contribution in [3.05, 3.63) is 29.8 Å². The Kier molecular flexibility index (Phi) is 4.97. The topological polar surface area (TPSA) is 55.6 Å². The Morgan fingerprint density at radius 3 is 2.35 bits per heavy atom. The van der Waals surface area contributed by atoms with Crippen LogP contribution in [0.2, 0.25) is 0 Å². The molecule has 1 aromatic rings. The predicted octanol–water partition coefficient (Wildman–Crippen LogP) is 1.04. The summed E-state index contributed by atoms with van der Waals surface area (Å²) in [5.74, 6) is 0.542. The largest absolute Gasteiger partial charge is 0.494 e. The Morgan fingerprint density at radius 1 is 1.35 bits per heavy atom. The molecule has 1 atom stereocenters. The average Bonchev–Trinajstić information content (AvgIpc) is 2.27. The molecule has 0 bridgehead atoms. The van der Waals surface area contributed by atoms with Gasteiger partial charge in [-0.05, 0) is 45.1 Å². The summed E-state index contributed by atoms with van der Waals surface area (Å²) in [6, 6.07) is 7.47. The van der Waals surface area contributed by atoms with Gasteiger partial charge in [0.05, 0.1) is 12.6 Å². The molecular formula is C13H20N2O2. The summed E-state index contributed by atoms with van der Waals surface area (Å²) < 4.78 is 5.36. The highest BCUT2D eigenvalue weighted by atomic mass is 16.5. The first-order valence-corrected chi connectivity index (χ1v) is 5.72. The van der Waals surface area contributed by atoms with Gasteiger partial charge < -0.3 is 10.5 Å². The number of rotatable bonds is 6. The number of likely N-dealkylation sites (N-methyl/N-ethyl adjacent to an activating group) is 1. The molecule has 1 amide bonds. The molecule has 0 aliphatic carbocycles. The van der Waals surface area contributed by atoms with Crippen LogP contribution in [0.3, 0.4) is 0 Å². The standard InChI is InChI=1S/C13H20N2O2/c1-4-17-11-7-5-10(6-8-11)9-12(13(14)16)15(2)3/h5-8,12H,4,9H2,1-3H3,(H2,14,16). The van der Waals surface area contributed by atoms with E-state index in [1.54, 1.807) is 0 Å². The number of carbonyl (C=O) groups excluding carboxylic acids is 1. The Labute approximate surface area is 102 Å². The third kappa shape index (κ3) is 4.07. The first-order chi connectivity index (χ1) is 8.04. The molecule has 0 saturated carbocycles. The number of carbonyl (C=O) groups is 1. The summed E-state index contributed by atoms with van der Waals surface area (Å²) in [7, 11) is 3.70. The van der Waals surface area contributed by atoms with Gasteiger partial charge in [-0.3, -0.25) is 9.69 Å². The highest BCUT2D eigenvalue weighted by Crippen LogP contribution is 2.14. The second kappa shape index (κ2) is 6.25. The van der Waals surface area contributed by atoms with Crippen molar-refractivity contribution in [3.63, 3.8) is 0 Å². The van der Waals surface area contributed by atoms with E-state index in [1.165, 1.54) is 0 Å². The molecule has 4 nitrogen and oxygen atoms in total. The van der Waals surface area contributed by atoms with E-state index in [-0.39, 0.29) is 11.9 Å². The van der Waals surface area contributed by atoms with Crippen molar-refractivity contribution in [3.8, 4) is 5.75 Å². The average molecular weight is 236 g/mol. The van der Waals surface area contributed by atoms with Crippen LogP contribution >= 0.6 is 0 Å². The fourth-order valence-corrected chi connectivity index (χ4v) is 1.65. The molecule has 2 N–H and O–H groups in total. The molecule has 4 heteroatoms. The highest BCUT2D eigenvalue weighted by molar-refractivity contribution is 5.80. The minimum atomic E-state index is -0.302. The zero-order chi connectivity index (χ0) is 12.8. The Hall–Kier alpha value is -1.55. The van der Waals surface area contributed by atoms with Gasteiger partial charge in [0, 0.05) is 0 Å². The van der Waals surface area contributed by atoms with Gasteiger partial charge in [-0.1, -0.05) is 12.1 Å². The summed E-state index contributed by atoms with van der Waals surface area (Å²) in [6.07, 6.45) is 0.620. The van der Waals surface area contributed by atoms with Crippen molar-refractivity contribution in [2.45, 2.75) is 19.4 Å².